The third kappa shape index (κ3) is 3.64. The number of rotatable bonds is 3. The van der Waals surface area contributed by atoms with Crippen molar-refractivity contribution in [3.05, 3.63) is 32.8 Å². The van der Waals surface area contributed by atoms with Crippen LogP contribution in [0.15, 0.2) is 22.7 Å². The van der Waals surface area contributed by atoms with E-state index in [0.717, 1.165) is 0 Å². The lowest BCUT2D eigenvalue weighted by atomic mass is 10.3. The van der Waals surface area contributed by atoms with E-state index < -0.39 is 13.2 Å². The third-order valence-corrected chi connectivity index (χ3v) is 2.99. The Morgan fingerprint density at radius 1 is 1.40 bits per heavy atom. The molecule has 0 saturated heterocycles. The van der Waals surface area contributed by atoms with Gasteiger partial charge in [0.15, 0.2) is 0 Å². The molecule has 0 aliphatic carbocycles. The molecule has 1 rings (SSSR count). The molecule has 0 aromatic heterocycles. The second kappa shape index (κ2) is 4.32. The van der Waals surface area contributed by atoms with Crippen molar-refractivity contribution < 1.29 is 9.35 Å². The Morgan fingerprint density at radius 3 is 2.40 bits per heavy atom. The standard InChI is InChI=1S/C9H12BrNO3Si/c1-15(2,3)14-9-5-4-7(11(12)13)6-8(9)10/h4-6H,1-3H3. The fourth-order valence-electron chi connectivity index (χ4n) is 1.02. The summed E-state index contributed by atoms with van der Waals surface area (Å²) in [6.07, 6.45) is 0. The zero-order valence-electron chi connectivity index (χ0n) is 8.78. The summed E-state index contributed by atoms with van der Waals surface area (Å²) in [7, 11) is -1.67. The smallest absolute Gasteiger partial charge is 0.270 e. The molecule has 0 radical (unpaired) electrons. The van der Waals surface area contributed by atoms with Crippen LogP contribution in [-0.4, -0.2) is 13.2 Å². The second-order valence-corrected chi connectivity index (χ2v) is 9.37. The molecule has 0 unspecified atom stereocenters. The highest BCUT2D eigenvalue weighted by molar-refractivity contribution is 9.10. The quantitative estimate of drug-likeness (QED) is 0.486. The normalized spacial score (nSPS) is 11.2. The monoisotopic (exact) mass is 289 g/mol. The van der Waals surface area contributed by atoms with Crippen LogP contribution in [0.2, 0.25) is 19.6 Å². The molecule has 6 heteroatoms. The summed E-state index contributed by atoms with van der Waals surface area (Å²) in [5, 5.41) is 10.5. The summed E-state index contributed by atoms with van der Waals surface area (Å²) in [5.74, 6) is 0.666. The molecule has 1 aromatic carbocycles. The van der Waals surface area contributed by atoms with Crippen molar-refractivity contribution in [3.8, 4) is 5.75 Å². The van der Waals surface area contributed by atoms with Crippen LogP contribution in [0.3, 0.4) is 0 Å². The zero-order chi connectivity index (χ0) is 11.6. The lowest BCUT2D eigenvalue weighted by Gasteiger charge is -2.19. The summed E-state index contributed by atoms with van der Waals surface area (Å²) >= 11 is 3.26. The van der Waals surface area contributed by atoms with Crippen molar-refractivity contribution in [2.45, 2.75) is 19.6 Å². The maximum absolute atomic E-state index is 10.5. The van der Waals surface area contributed by atoms with Crippen LogP contribution in [0.25, 0.3) is 0 Å². The van der Waals surface area contributed by atoms with E-state index in [0.29, 0.717) is 10.2 Å². The SMILES string of the molecule is C[Si](C)(C)Oc1ccc([N+](=O)[O-])cc1Br. The van der Waals surface area contributed by atoms with Crippen molar-refractivity contribution in [1.29, 1.82) is 0 Å². The van der Waals surface area contributed by atoms with Gasteiger partial charge < -0.3 is 4.43 Å². The van der Waals surface area contributed by atoms with Crippen LogP contribution in [-0.2, 0) is 0 Å². The first kappa shape index (κ1) is 12.2. The van der Waals surface area contributed by atoms with Crippen molar-refractivity contribution >= 4 is 29.9 Å². The number of nitro groups is 1. The van der Waals surface area contributed by atoms with Crippen LogP contribution in [0.4, 0.5) is 5.69 Å². The molecule has 82 valence electrons. The van der Waals surface area contributed by atoms with Gasteiger partial charge >= 0.3 is 0 Å². The molecule has 4 nitrogen and oxygen atoms in total. The number of hydrogen-bond donors (Lipinski definition) is 0. The van der Waals surface area contributed by atoms with Gasteiger partial charge in [-0.15, -0.1) is 0 Å². The van der Waals surface area contributed by atoms with E-state index in [4.69, 9.17) is 4.43 Å². The lowest BCUT2D eigenvalue weighted by molar-refractivity contribution is -0.384. The minimum atomic E-state index is -1.67. The highest BCUT2D eigenvalue weighted by Gasteiger charge is 2.19. The van der Waals surface area contributed by atoms with E-state index in [9.17, 15) is 10.1 Å². The molecule has 0 aliphatic rings. The number of non-ortho nitro benzene ring substituents is 1. The van der Waals surface area contributed by atoms with Gasteiger partial charge in [0.2, 0.25) is 8.32 Å². The Balaban J connectivity index is 2.99. The Hall–Kier alpha value is -0.883. The molecule has 0 saturated carbocycles. The molecule has 0 atom stereocenters. The first-order chi connectivity index (χ1) is 6.79. The van der Waals surface area contributed by atoms with Crippen LogP contribution in [0, 0.1) is 10.1 Å². The van der Waals surface area contributed by atoms with Gasteiger partial charge in [0.1, 0.15) is 5.75 Å². The molecular weight excluding hydrogens is 278 g/mol. The van der Waals surface area contributed by atoms with Gasteiger partial charge in [-0.3, -0.25) is 10.1 Å². The number of nitrogens with zero attached hydrogens (tertiary/aromatic N) is 1. The third-order valence-electron chi connectivity index (χ3n) is 1.54. The van der Waals surface area contributed by atoms with E-state index >= 15 is 0 Å². The van der Waals surface area contributed by atoms with Crippen LogP contribution < -0.4 is 4.43 Å². The van der Waals surface area contributed by atoms with Crippen molar-refractivity contribution in [2.24, 2.45) is 0 Å². The van der Waals surface area contributed by atoms with Crippen molar-refractivity contribution in [2.75, 3.05) is 0 Å². The fourth-order valence-corrected chi connectivity index (χ4v) is 2.45. The summed E-state index contributed by atoms with van der Waals surface area (Å²) in [5.41, 5.74) is 0.0600. The zero-order valence-corrected chi connectivity index (χ0v) is 11.4. The largest absolute Gasteiger partial charge is 0.544 e. The predicted octanol–water partition coefficient (Wildman–Crippen LogP) is 3.57. The van der Waals surface area contributed by atoms with E-state index in [1.54, 1.807) is 6.07 Å². The van der Waals surface area contributed by atoms with E-state index in [1.165, 1.54) is 12.1 Å². The predicted molar refractivity (Wildman–Crippen MR) is 64.8 cm³/mol. The topological polar surface area (TPSA) is 52.4 Å². The lowest BCUT2D eigenvalue weighted by Crippen LogP contribution is -2.29. The van der Waals surface area contributed by atoms with Gasteiger partial charge in [-0.05, 0) is 41.6 Å². The minimum absolute atomic E-state index is 0.0600. The Morgan fingerprint density at radius 2 is 2.00 bits per heavy atom. The van der Waals surface area contributed by atoms with E-state index in [1.807, 2.05) is 0 Å². The van der Waals surface area contributed by atoms with Gasteiger partial charge in [-0.25, -0.2) is 0 Å². The van der Waals surface area contributed by atoms with Crippen LogP contribution in [0.1, 0.15) is 0 Å². The summed E-state index contributed by atoms with van der Waals surface area (Å²) in [6, 6.07) is 4.52. The van der Waals surface area contributed by atoms with Crippen molar-refractivity contribution in [3.63, 3.8) is 0 Å². The molecule has 0 spiro atoms. The van der Waals surface area contributed by atoms with Gasteiger partial charge in [-0.1, -0.05) is 0 Å². The Kier molecular flexibility index (Phi) is 3.51. The maximum atomic E-state index is 10.5. The van der Waals surface area contributed by atoms with E-state index in [-0.39, 0.29) is 5.69 Å². The molecule has 15 heavy (non-hydrogen) atoms. The Labute approximate surface area is 97.7 Å². The summed E-state index contributed by atoms with van der Waals surface area (Å²) in [4.78, 5) is 10.1. The number of halogens is 1. The fraction of sp³-hybridized carbons (Fsp3) is 0.333. The first-order valence-electron chi connectivity index (χ1n) is 4.42. The molecular formula is C9H12BrNO3Si. The molecule has 0 aliphatic heterocycles. The van der Waals surface area contributed by atoms with Crippen LogP contribution >= 0.6 is 15.9 Å². The molecule has 0 amide bonds. The first-order valence-corrected chi connectivity index (χ1v) is 8.63. The van der Waals surface area contributed by atoms with Gasteiger partial charge in [-0.2, -0.15) is 0 Å². The van der Waals surface area contributed by atoms with Gasteiger partial charge in [0, 0.05) is 12.1 Å². The number of hydrogen-bond acceptors (Lipinski definition) is 3. The number of nitro benzene ring substituents is 1. The van der Waals surface area contributed by atoms with Gasteiger partial charge in [0.25, 0.3) is 5.69 Å². The molecule has 1 aromatic rings. The summed E-state index contributed by atoms with van der Waals surface area (Å²) in [6.45, 7) is 6.17. The maximum Gasteiger partial charge on any atom is 0.270 e. The van der Waals surface area contributed by atoms with Gasteiger partial charge in [0.05, 0.1) is 9.40 Å². The molecule has 0 fully saturated rings. The van der Waals surface area contributed by atoms with Crippen LogP contribution in [0.5, 0.6) is 5.75 Å². The summed E-state index contributed by atoms with van der Waals surface area (Å²) < 4.78 is 6.36. The molecule has 0 bridgehead atoms. The second-order valence-electron chi connectivity index (χ2n) is 4.09. The molecule has 0 heterocycles. The average Bonchev–Trinajstić information content (AvgIpc) is 2.05. The highest BCUT2D eigenvalue weighted by atomic mass is 79.9. The van der Waals surface area contributed by atoms with E-state index in [2.05, 4.69) is 35.6 Å². The molecule has 0 N–H and O–H groups in total. The van der Waals surface area contributed by atoms with Crippen molar-refractivity contribution in [1.82, 2.24) is 0 Å². The average molecular weight is 290 g/mol. The Bertz CT molecular complexity index is 389. The minimum Gasteiger partial charge on any atom is -0.544 e. The highest BCUT2D eigenvalue weighted by Crippen LogP contribution is 2.30. The number of benzene rings is 1.